The fourth-order valence-electron chi connectivity index (χ4n) is 1.49. The van der Waals surface area contributed by atoms with Crippen LogP contribution in [0, 0.1) is 6.92 Å². The van der Waals surface area contributed by atoms with Crippen LogP contribution < -0.4 is 5.32 Å². The third-order valence-electron chi connectivity index (χ3n) is 2.13. The van der Waals surface area contributed by atoms with Crippen LogP contribution in [0.25, 0.3) is 0 Å². The molecule has 2 heterocycles. The van der Waals surface area contributed by atoms with Crippen LogP contribution >= 0.6 is 11.3 Å². The maximum atomic E-state index is 10.9. The SMILES string of the molecule is Cc1ncsc1C1CNC(=O)C1. The summed E-state index contributed by atoms with van der Waals surface area (Å²) in [5.74, 6) is 0.526. The molecule has 1 aromatic heterocycles. The molecule has 0 aromatic carbocycles. The zero-order chi connectivity index (χ0) is 8.55. The van der Waals surface area contributed by atoms with E-state index in [1.54, 1.807) is 11.3 Å². The number of thiazole rings is 1. The fraction of sp³-hybridized carbons (Fsp3) is 0.500. The van der Waals surface area contributed by atoms with Crippen LogP contribution in [-0.2, 0) is 4.79 Å². The van der Waals surface area contributed by atoms with E-state index in [4.69, 9.17) is 0 Å². The maximum Gasteiger partial charge on any atom is 0.220 e. The van der Waals surface area contributed by atoms with E-state index in [2.05, 4.69) is 10.3 Å². The van der Waals surface area contributed by atoms with Gasteiger partial charge in [-0.1, -0.05) is 0 Å². The summed E-state index contributed by atoms with van der Waals surface area (Å²) in [6.45, 7) is 2.77. The van der Waals surface area contributed by atoms with Crippen molar-refractivity contribution in [1.82, 2.24) is 10.3 Å². The molecular weight excluding hydrogens is 172 g/mol. The lowest BCUT2D eigenvalue weighted by Gasteiger charge is -2.03. The summed E-state index contributed by atoms with van der Waals surface area (Å²) < 4.78 is 0. The molecule has 0 spiro atoms. The Labute approximate surface area is 74.8 Å². The van der Waals surface area contributed by atoms with Crippen LogP contribution in [0.2, 0.25) is 0 Å². The molecule has 1 aliphatic rings. The normalized spacial score (nSPS) is 22.8. The van der Waals surface area contributed by atoms with E-state index in [9.17, 15) is 4.79 Å². The molecule has 1 aromatic rings. The predicted octanol–water partition coefficient (Wildman–Crippen LogP) is 1.06. The Kier molecular flexibility index (Phi) is 1.84. The first-order valence-corrected chi connectivity index (χ1v) is 4.82. The molecular formula is C8H10N2OS. The van der Waals surface area contributed by atoms with Gasteiger partial charge in [0.05, 0.1) is 11.2 Å². The van der Waals surface area contributed by atoms with Gasteiger partial charge >= 0.3 is 0 Å². The van der Waals surface area contributed by atoms with E-state index < -0.39 is 0 Å². The summed E-state index contributed by atoms with van der Waals surface area (Å²) in [6, 6.07) is 0. The Bertz CT molecular complexity index is 308. The first-order chi connectivity index (χ1) is 5.77. The van der Waals surface area contributed by atoms with Gasteiger partial charge in [0.2, 0.25) is 5.91 Å². The van der Waals surface area contributed by atoms with Crippen molar-refractivity contribution < 1.29 is 4.79 Å². The number of aromatic nitrogens is 1. The van der Waals surface area contributed by atoms with Crippen molar-refractivity contribution >= 4 is 17.2 Å². The summed E-state index contributed by atoms with van der Waals surface area (Å²) in [5, 5.41) is 2.83. The van der Waals surface area contributed by atoms with Gasteiger partial charge < -0.3 is 5.32 Å². The molecule has 12 heavy (non-hydrogen) atoms. The van der Waals surface area contributed by atoms with Crippen molar-refractivity contribution in [2.45, 2.75) is 19.3 Å². The van der Waals surface area contributed by atoms with Gasteiger partial charge in [-0.15, -0.1) is 11.3 Å². The zero-order valence-electron chi connectivity index (χ0n) is 6.83. The fourth-order valence-corrected chi connectivity index (χ4v) is 2.40. The lowest BCUT2D eigenvalue weighted by atomic mass is 10.1. The second-order valence-corrected chi connectivity index (χ2v) is 3.89. The summed E-state index contributed by atoms with van der Waals surface area (Å²) in [7, 11) is 0. The van der Waals surface area contributed by atoms with E-state index >= 15 is 0 Å². The highest BCUT2D eigenvalue weighted by Crippen LogP contribution is 2.28. The van der Waals surface area contributed by atoms with Gasteiger partial charge in [-0.25, -0.2) is 4.98 Å². The minimum atomic E-state index is 0.160. The van der Waals surface area contributed by atoms with Crippen LogP contribution in [0.1, 0.15) is 22.9 Å². The molecule has 1 amide bonds. The number of nitrogens with one attached hydrogen (secondary N) is 1. The van der Waals surface area contributed by atoms with Crippen molar-refractivity contribution in [1.29, 1.82) is 0 Å². The smallest absolute Gasteiger partial charge is 0.220 e. The first-order valence-electron chi connectivity index (χ1n) is 3.94. The van der Waals surface area contributed by atoms with Crippen molar-refractivity contribution in [3.63, 3.8) is 0 Å². The lowest BCUT2D eigenvalue weighted by molar-refractivity contribution is -0.119. The topological polar surface area (TPSA) is 42.0 Å². The third kappa shape index (κ3) is 1.22. The Morgan fingerprint density at radius 2 is 2.58 bits per heavy atom. The van der Waals surface area contributed by atoms with Crippen molar-refractivity contribution in [3.8, 4) is 0 Å². The number of carbonyl (C=O) groups excluding carboxylic acids is 1. The third-order valence-corrected chi connectivity index (χ3v) is 3.22. The molecule has 0 aliphatic carbocycles. The molecule has 4 heteroatoms. The number of hydrogen-bond acceptors (Lipinski definition) is 3. The van der Waals surface area contributed by atoms with Crippen LogP contribution in [0.4, 0.5) is 0 Å². The maximum absolute atomic E-state index is 10.9. The van der Waals surface area contributed by atoms with E-state index in [0.29, 0.717) is 12.3 Å². The quantitative estimate of drug-likeness (QED) is 0.705. The monoisotopic (exact) mass is 182 g/mol. The van der Waals surface area contributed by atoms with Gasteiger partial charge in [0.25, 0.3) is 0 Å². The zero-order valence-corrected chi connectivity index (χ0v) is 7.65. The summed E-state index contributed by atoms with van der Waals surface area (Å²) >= 11 is 1.65. The van der Waals surface area contributed by atoms with E-state index in [-0.39, 0.29) is 5.91 Å². The van der Waals surface area contributed by atoms with Gasteiger partial charge in [0.1, 0.15) is 0 Å². The molecule has 1 unspecified atom stereocenters. The van der Waals surface area contributed by atoms with Gasteiger partial charge in [0, 0.05) is 23.8 Å². The molecule has 1 N–H and O–H groups in total. The first kappa shape index (κ1) is 7.73. The summed E-state index contributed by atoms with van der Waals surface area (Å²) in [6.07, 6.45) is 0.628. The Morgan fingerprint density at radius 1 is 1.75 bits per heavy atom. The second-order valence-electron chi connectivity index (χ2n) is 3.01. The highest BCUT2D eigenvalue weighted by atomic mass is 32.1. The Hall–Kier alpha value is -0.900. The number of amides is 1. The number of rotatable bonds is 1. The van der Waals surface area contributed by atoms with Crippen LogP contribution in [0.3, 0.4) is 0 Å². The predicted molar refractivity (Wildman–Crippen MR) is 47.2 cm³/mol. The van der Waals surface area contributed by atoms with Crippen LogP contribution in [-0.4, -0.2) is 17.4 Å². The number of aryl methyl sites for hydroxylation is 1. The molecule has 3 nitrogen and oxygen atoms in total. The Balaban J connectivity index is 2.21. The second kappa shape index (κ2) is 2.86. The minimum absolute atomic E-state index is 0.160. The molecule has 1 fully saturated rings. The lowest BCUT2D eigenvalue weighted by Crippen LogP contribution is -2.13. The van der Waals surface area contributed by atoms with Gasteiger partial charge in [-0.05, 0) is 6.92 Å². The Morgan fingerprint density at radius 3 is 3.08 bits per heavy atom. The van der Waals surface area contributed by atoms with E-state index in [1.165, 1.54) is 4.88 Å². The number of carbonyl (C=O) groups is 1. The summed E-state index contributed by atoms with van der Waals surface area (Å²) in [5.41, 5.74) is 2.91. The largest absolute Gasteiger partial charge is 0.355 e. The van der Waals surface area contributed by atoms with Crippen molar-refractivity contribution in [3.05, 3.63) is 16.1 Å². The molecule has 1 atom stereocenters. The molecule has 0 saturated carbocycles. The van der Waals surface area contributed by atoms with Gasteiger partial charge in [-0.3, -0.25) is 4.79 Å². The molecule has 1 saturated heterocycles. The average molecular weight is 182 g/mol. The van der Waals surface area contributed by atoms with Crippen molar-refractivity contribution in [2.24, 2.45) is 0 Å². The molecule has 1 aliphatic heterocycles. The summed E-state index contributed by atoms with van der Waals surface area (Å²) in [4.78, 5) is 16.4. The van der Waals surface area contributed by atoms with E-state index in [1.807, 2.05) is 12.4 Å². The minimum Gasteiger partial charge on any atom is -0.355 e. The van der Waals surface area contributed by atoms with Gasteiger partial charge in [-0.2, -0.15) is 0 Å². The average Bonchev–Trinajstić information content (AvgIpc) is 2.58. The number of nitrogens with zero attached hydrogens (tertiary/aromatic N) is 1. The highest BCUT2D eigenvalue weighted by molar-refractivity contribution is 7.09. The van der Waals surface area contributed by atoms with Crippen LogP contribution in [0.5, 0.6) is 0 Å². The number of hydrogen-bond donors (Lipinski definition) is 1. The van der Waals surface area contributed by atoms with E-state index in [0.717, 1.165) is 12.2 Å². The standard InChI is InChI=1S/C8H10N2OS/c1-5-8(12-4-10-5)6-2-7(11)9-3-6/h4,6H,2-3H2,1H3,(H,9,11). The van der Waals surface area contributed by atoms with Crippen molar-refractivity contribution in [2.75, 3.05) is 6.54 Å². The van der Waals surface area contributed by atoms with Gasteiger partial charge in [0.15, 0.2) is 0 Å². The molecule has 2 rings (SSSR count). The van der Waals surface area contributed by atoms with Crippen LogP contribution in [0.15, 0.2) is 5.51 Å². The molecule has 64 valence electrons. The highest BCUT2D eigenvalue weighted by Gasteiger charge is 2.25. The molecule has 0 radical (unpaired) electrons. The molecule has 0 bridgehead atoms.